The van der Waals surface area contributed by atoms with Crippen LogP contribution < -0.4 is 15.1 Å². The Balaban J connectivity index is 2.04. The first kappa shape index (κ1) is 35.0. The zero-order valence-electron chi connectivity index (χ0n) is 27.2. The lowest BCUT2D eigenvalue weighted by molar-refractivity contribution is -0.0570. The Bertz CT molecular complexity index is 1260. The SMILES string of the molecule is C=CCOC(=O)Nc1cccc(CN(C(=O)OC(C)(C)C)c2nccc(N3CCOC([Si](C)(C)C)C3)c2COCOCC)c1. The second-order valence-corrected chi connectivity index (χ2v) is 17.9. The van der Waals surface area contributed by atoms with E-state index in [9.17, 15) is 9.59 Å². The average molecular weight is 629 g/mol. The smallest absolute Gasteiger partial charge is 0.416 e. The van der Waals surface area contributed by atoms with Crippen molar-refractivity contribution in [2.45, 2.75) is 71.8 Å². The molecule has 1 saturated heterocycles. The molecule has 0 saturated carbocycles. The van der Waals surface area contributed by atoms with Gasteiger partial charge >= 0.3 is 12.2 Å². The number of aromatic nitrogens is 1. The summed E-state index contributed by atoms with van der Waals surface area (Å²) in [6.45, 7) is 20.9. The van der Waals surface area contributed by atoms with Crippen molar-refractivity contribution in [2.24, 2.45) is 0 Å². The van der Waals surface area contributed by atoms with Crippen LogP contribution in [-0.2, 0) is 36.8 Å². The van der Waals surface area contributed by atoms with E-state index in [0.29, 0.717) is 31.3 Å². The summed E-state index contributed by atoms with van der Waals surface area (Å²) in [5.41, 5.74) is 2.35. The van der Waals surface area contributed by atoms with Gasteiger partial charge in [0.15, 0.2) is 0 Å². The van der Waals surface area contributed by atoms with Crippen LogP contribution in [0.25, 0.3) is 0 Å². The topological polar surface area (TPSA) is 112 Å². The molecule has 3 rings (SSSR count). The maximum Gasteiger partial charge on any atom is 0.416 e. The molecule has 2 heterocycles. The van der Waals surface area contributed by atoms with E-state index in [-0.39, 0.29) is 32.3 Å². The fraction of sp³-hybridized carbons (Fsp3) is 0.531. The predicted octanol–water partition coefficient (Wildman–Crippen LogP) is 6.35. The Hall–Kier alpha value is -3.45. The van der Waals surface area contributed by atoms with Gasteiger partial charge in [-0.2, -0.15) is 0 Å². The molecular weight excluding hydrogens is 580 g/mol. The van der Waals surface area contributed by atoms with Gasteiger partial charge in [0.2, 0.25) is 0 Å². The molecule has 2 amide bonds. The number of nitrogens with one attached hydrogen (secondary N) is 1. The van der Waals surface area contributed by atoms with Gasteiger partial charge in [0, 0.05) is 42.8 Å². The molecule has 44 heavy (non-hydrogen) atoms. The summed E-state index contributed by atoms with van der Waals surface area (Å²) in [6.07, 6.45) is 2.05. The highest BCUT2D eigenvalue weighted by Crippen LogP contribution is 2.33. The lowest BCUT2D eigenvalue weighted by Crippen LogP contribution is -2.53. The first-order chi connectivity index (χ1) is 20.8. The fourth-order valence-electron chi connectivity index (χ4n) is 4.58. The molecule has 242 valence electrons. The number of benzene rings is 1. The molecule has 1 aromatic heterocycles. The van der Waals surface area contributed by atoms with Crippen LogP contribution in [0.4, 0.5) is 26.8 Å². The van der Waals surface area contributed by atoms with Crippen molar-refractivity contribution in [2.75, 3.05) is 54.8 Å². The van der Waals surface area contributed by atoms with Gasteiger partial charge in [0.1, 0.15) is 24.8 Å². The maximum absolute atomic E-state index is 13.8. The quantitative estimate of drug-likeness (QED) is 0.117. The molecule has 2 aromatic rings. The maximum atomic E-state index is 13.8. The van der Waals surface area contributed by atoms with Crippen molar-refractivity contribution < 1.29 is 33.3 Å². The van der Waals surface area contributed by atoms with Crippen molar-refractivity contribution in [1.82, 2.24) is 4.98 Å². The number of nitrogens with zero attached hydrogens (tertiary/aromatic N) is 3. The minimum atomic E-state index is -1.60. The summed E-state index contributed by atoms with van der Waals surface area (Å²) in [6, 6.07) is 9.15. The van der Waals surface area contributed by atoms with Gasteiger partial charge in [-0.25, -0.2) is 14.6 Å². The summed E-state index contributed by atoms with van der Waals surface area (Å²) in [5, 5.41) is 2.71. The van der Waals surface area contributed by atoms with Crippen molar-refractivity contribution in [1.29, 1.82) is 0 Å². The molecular formula is C32H48N4O7Si. The van der Waals surface area contributed by atoms with Gasteiger partial charge in [-0.1, -0.05) is 44.4 Å². The van der Waals surface area contributed by atoms with Gasteiger partial charge < -0.3 is 28.6 Å². The van der Waals surface area contributed by atoms with E-state index in [1.807, 2.05) is 39.8 Å². The number of morpholine rings is 1. The average Bonchev–Trinajstić information content (AvgIpc) is 2.96. The minimum absolute atomic E-state index is 0.0932. The number of amides is 2. The monoisotopic (exact) mass is 628 g/mol. The van der Waals surface area contributed by atoms with Gasteiger partial charge in [0.25, 0.3) is 0 Å². The van der Waals surface area contributed by atoms with Crippen molar-refractivity contribution >= 4 is 37.5 Å². The Kier molecular flexibility index (Phi) is 12.8. The lowest BCUT2D eigenvalue weighted by atomic mass is 10.1. The van der Waals surface area contributed by atoms with Crippen LogP contribution >= 0.6 is 0 Å². The van der Waals surface area contributed by atoms with Crippen LogP contribution in [0.15, 0.2) is 49.2 Å². The Morgan fingerprint density at radius 1 is 1.23 bits per heavy atom. The Labute approximate surface area is 262 Å². The molecule has 12 heteroatoms. The number of hydrogen-bond donors (Lipinski definition) is 1. The van der Waals surface area contributed by atoms with Gasteiger partial charge in [0.05, 0.1) is 33.6 Å². The molecule has 1 N–H and O–H groups in total. The van der Waals surface area contributed by atoms with Crippen molar-refractivity contribution in [3.8, 4) is 0 Å². The molecule has 0 aliphatic carbocycles. The highest BCUT2D eigenvalue weighted by molar-refractivity contribution is 6.77. The molecule has 0 radical (unpaired) electrons. The zero-order chi connectivity index (χ0) is 32.3. The largest absolute Gasteiger partial charge is 0.445 e. The molecule has 1 aromatic carbocycles. The normalized spacial score (nSPS) is 15.4. The van der Waals surface area contributed by atoms with Crippen LogP contribution in [-0.4, -0.2) is 76.3 Å². The van der Waals surface area contributed by atoms with Gasteiger partial charge in [-0.3, -0.25) is 10.2 Å². The molecule has 1 unspecified atom stereocenters. The Morgan fingerprint density at radius 2 is 2.00 bits per heavy atom. The van der Waals surface area contributed by atoms with Crippen molar-refractivity contribution in [3.63, 3.8) is 0 Å². The lowest BCUT2D eigenvalue weighted by Gasteiger charge is -2.40. The second-order valence-electron chi connectivity index (χ2n) is 12.5. The number of anilines is 3. The number of carbonyl (C=O) groups excluding carboxylic acids is 2. The Morgan fingerprint density at radius 3 is 2.68 bits per heavy atom. The van der Waals surface area contributed by atoms with Gasteiger partial charge in [-0.05, 0) is 51.5 Å². The summed E-state index contributed by atoms with van der Waals surface area (Å²) in [7, 11) is -1.60. The summed E-state index contributed by atoms with van der Waals surface area (Å²) in [5.74, 6) is 0.424. The standard InChI is InChI=1S/C32H48N4O7Si/c1-9-17-42-30(37)34-25-13-11-12-24(19-25)20-36(31(38)43-32(3,4)5)29-26(22-40-23-39-10-2)27(14-15-33-29)35-16-18-41-28(21-35)44(6,7)8/h9,11-15,19,28H,1,10,16-18,20-23H2,2-8H3,(H,34,37). The van der Waals surface area contributed by atoms with E-state index in [2.05, 4.69) is 36.4 Å². The number of ether oxygens (including phenoxy) is 5. The number of pyridine rings is 1. The van der Waals surface area contributed by atoms with Crippen LogP contribution in [0.3, 0.4) is 0 Å². The van der Waals surface area contributed by atoms with E-state index >= 15 is 0 Å². The van der Waals surface area contributed by atoms with E-state index < -0.39 is 25.9 Å². The van der Waals surface area contributed by atoms with Crippen molar-refractivity contribution in [3.05, 3.63) is 60.3 Å². The highest BCUT2D eigenvalue weighted by Gasteiger charge is 2.34. The first-order valence-corrected chi connectivity index (χ1v) is 18.5. The van der Waals surface area contributed by atoms with E-state index in [4.69, 9.17) is 28.7 Å². The molecule has 1 fully saturated rings. The summed E-state index contributed by atoms with van der Waals surface area (Å²) < 4.78 is 28.5. The zero-order valence-corrected chi connectivity index (χ0v) is 28.2. The summed E-state index contributed by atoms with van der Waals surface area (Å²) in [4.78, 5) is 34.5. The number of rotatable bonds is 13. The first-order valence-electron chi connectivity index (χ1n) is 15.0. The van der Waals surface area contributed by atoms with E-state index in [0.717, 1.165) is 23.4 Å². The highest BCUT2D eigenvalue weighted by atomic mass is 28.3. The molecule has 1 aliphatic rings. The number of carbonyl (C=O) groups is 2. The fourth-order valence-corrected chi connectivity index (χ4v) is 5.96. The van der Waals surface area contributed by atoms with E-state index in [1.165, 1.54) is 11.0 Å². The third-order valence-corrected chi connectivity index (χ3v) is 9.00. The number of hydrogen-bond acceptors (Lipinski definition) is 9. The summed E-state index contributed by atoms with van der Waals surface area (Å²) >= 11 is 0. The van der Waals surface area contributed by atoms with Crippen LogP contribution in [0.5, 0.6) is 0 Å². The minimum Gasteiger partial charge on any atom is -0.445 e. The third kappa shape index (κ3) is 10.6. The van der Waals surface area contributed by atoms with Crippen LogP contribution in [0.2, 0.25) is 19.6 Å². The second kappa shape index (κ2) is 16.0. The van der Waals surface area contributed by atoms with Crippen LogP contribution in [0.1, 0.15) is 38.8 Å². The van der Waals surface area contributed by atoms with E-state index in [1.54, 1.807) is 24.4 Å². The molecule has 11 nitrogen and oxygen atoms in total. The van der Waals surface area contributed by atoms with Crippen LogP contribution in [0, 0.1) is 0 Å². The predicted molar refractivity (Wildman–Crippen MR) is 175 cm³/mol. The molecule has 1 atom stereocenters. The van der Waals surface area contributed by atoms with Gasteiger partial charge in [-0.15, -0.1) is 0 Å². The third-order valence-electron chi connectivity index (χ3n) is 6.71. The molecule has 0 spiro atoms. The molecule has 0 bridgehead atoms. The molecule has 1 aliphatic heterocycles.